The smallest absolute Gasteiger partial charge is 0.163 e. The first-order valence-corrected chi connectivity index (χ1v) is 8.71. The van der Waals surface area contributed by atoms with Crippen molar-refractivity contribution in [2.75, 3.05) is 26.2 Å². The number of nitrogens with zero attached hydrogens (tertiary/aromatic N) is 1. The molecule has 0 saturated carbocycles. The quantitative estimate of drug-likeness (QED) is 0.598. The van der Waals surface area contributed by atoms with Gasteiger partial charge in [-0.15, -0.1) is 0 Å². The minimum atomic E-state index is -0.552. The molecule has 1 unspecified atom stereocenters. The molecule has 0 aliphatic carbocycles. The van der Waals surface area contributed by atoms with Crippen LogP contribution < -0.4 is 4.74 Å². The Morgan fingerprint density at radius 3 is 2.35 bits per heavy atom. The number of ketones is 1. The zero-order chi connectivity index (χ0) is 17.1. The van der Waals surface area contributed by atoms with Crippen molar-refractivity contribution in [3.63, 3.8) is 0 Å². The number of carbonyl (C=O) groups excluding carboxylic acids is 1. The number of para-hydroxylation sites is 1. The highest BCUT2D eigenvalue weighted by Gasteiger charge is 2.14. The summed E-state index contributed by atoms with van der Waals surface area (Å²) in [6.07, 6.45) is 4.04. The Morgan fingerprint density at radius 2 is 1.78 bits per heavy atom. The van der Waals surface area contributed by atoms with Crippen LogP contribution in [0.5, 0.6) is 5.75 Å². The molecule has 23 heavy (non-hydrogen) atoms. The summed E-state index contributed by atoms with van der Waals surface area (Å²) in [6.45, 7) is 8.72. The van der Waals surface area contributed by atoms with Gasteiger partial charge in [-0.25, -0.2) is 0 Å². The minimum absolute atomic E-state index is 0.0254. The van der Waals surface area contributed by atoms with Gasteiger partial charge in [0.15, 0.2) is 5.78 Å². The standard InChI is InChI=1S/C19H31NO3/c1-4-6-12-20(13-7-5-2)14-17(22)15-23-19-11-9-8-10-18(19)16(3)21/h8-11,17,22H,4-7,12-15H2,1-3H3. The molecule has 4 nitrogen and oxygen atoms in total. The molecule has 1 atom stereocenters. The van der Waals surface area contributed by atoms with E-state index in [1.165, 1.54) is 6.92 Å². The summed E-state index contributed by atoms with van der Waals surface area (Å²) in [7, 11) is 0. The van der Waals surface area contributed by atoms with Gasteiger partial charge in [0.25, 0.3) is 0 Å². The molecule has 0 aliphatic rings. The summed E-state index contributed by atoms with van der Waals surface area (Å²) >= 11 is 0. The molecule has 0 radical (unpaired) electrons. The summed E-state index contributed by atoms with van der Waals surface area (Å²) < 4.78 is 5.67. The molecule has 0 aliphatic heterocycles. The zero-order valence-electron chi connectivity index (χ0n) is 14.8. The molecule has 0 saturated heterocycles. The first-order chi connectivity index (χ1) is 11.1. The van der Waals surface area contributed by atoms with Gasteiger partial charge in [-0.1, -0.05) is 38.8 Å². The molecule has 0 heterocycles. The Kier molecular flexibility index (Phi) is 9.57. The lowest BCUT2D eigenvalue weighted by Crippen LogP contribution is -2.37. The lowest BCUT2D eigenvalue weighted by atomic mass is 10.1. The van der Waals surface area contributed by atoms with Crippen LogP contribution in [0.1, 0.15) is 56.8 Å². The van der Waals surface area contributed by atoms with Gasteiger partial charge in [-0.05, 0) is 45.0 Å². The van der Waals surface area contributed by atoms with Crippen molar-refractivity contribution in [2.45, 2.75) is 52.6 Å². The van der Waals surface area contributed by atoms with Crippen LogP contribution in [0.4, 0.5) is 0 Å². The van der Waals surface area contributed by atoms with E-state index in [4.69, 9.17) is 4.74 Å². The van der Waals surface area contributed by atoms with Crippen LogP contribution in [-0.4, -0.2) is 48.1 Å². The van der Waals surface area contributed by atoms with Crippen molar-refractivity contribution in [1.82, 2.24) is 4.90 Å². The molecule has 130 valence electrons. The highest BCUT2D eigenvalue weighted by Crippen LogP contribution is 2.18. The van der Waals surface area contributed by atoms with E-state index in [0.717, 1.165) is 38.8 Å². The van der Waals surface area contributed by atoms with E-state index in [9.17, 15) is 9.90 Å². The molecule has 0 spiro atoms. The second-order valence-corrected chi connectivity index (χ2v) is 6.02. The third kappa shape index (κ3) is 7.62. The molecular weight excluding hydrogens is 290 g/mol. The fraction of sp³-hybridized carbons (Fsp3) is 0.632. The number of ether oxygens (including phenoxy) is 1. The topological polar surface area (TPSA) is 49.8 Å². The van der Waals surface area contributed by atoms with Gasteiger partial charge in [-0.2, -0.15) is 0 Å². The summed E-state index contributed by atoms with van der Waals surface area (Å²) in [5.41, 5.74) is 0.563. The highest BCUT2D eigenvalue weighted by molar-refractivity contribution is 5.96. The second-order valence-electron chi connectivity index (χ2n) is 6.02. The second kappa shape index (κ2) is 11.2. The van der Waals surface area contributed by atoms with E-state index in [1.54, 1.807) is 12.1 Å². The summed E-state index contributed by atoms with van der Waals surface area (Å²) in [5.74, 6) is 0.523. The zero-order valence-corrected chi connectivity index (χ0v) is 14.8. The SMILES string of the molecule is CCCCN(CCCC)CC(O)COc1ccccc1C(C)=O. The average molecular weight is 321 g/mol. The maximum absolute atomic E-state index is 11.6. The molecule has 0 fully saturated rings. The first-order valence-electron chi connectivity index (χ1n) is 8.71. The van der Waals surface area contributed by atoms with E-state index in [2.05, 4.69) is 18.7 Å². The number of rotatable bonds is 12. The number of Topliss-reactive ketones (excluding diaryl/α,β-unsaturated/α-hetero) is 1. The number of benzene rings is 1. The molecule has 1 aromatic carbocycles. The van der Waals surface area contributed by atoms with Gasteiger partial charge in [0.2, 0.25) is 0 Å². The molecule has 1 rings (SSSR count). The van der Waals surface area contributed by atoms with Crippen molar-refractivity contribution in [3.05, 3.63) is 29.8 Å². The van der Waals surface area contributed by atoms with Crippen molar-refractivity contribution in [3.8, 4) is 5.75 Å². The van der Waals surface area contributed by atoms with Crippen LogP contribution in [0, 0.1) is 0 Å². The minimum Gasteiger partial charge on any atom is -0.490 e. The third-order valence-electron chi connectivity index (χ3n) is 3.82. The number of hydrogen-bond acceptors (Lipinski definition) is 4. The predicted molar refractivity (Wildman–Crippen MR) is 94.2 cm³/mol. The molecule has 0 aromatic heterocycles. The van der Waals surface area contributed by atoms with Crippen molar-refractivity contribution < 1.29 is 14.6 Å². The van der Waals surface area contributed by atoms with E-state index >= 15 is 0 Å². The average Bonchev–Trinajstić information content (AvgIpc) is 2.55. The van der Waals surface area contributed by atoms with Gasteiger partial charge in [0.05, 0.1) is 5.56 Å². The van der Waals surface area contributed by atoms with Crippen molar-refractivity contribution in [2.24, 2.45) is 0 Å². The number of carbonyl (C=O) groups is 1. The van der Waals surface area contributed by atoms with E-state index < -0.39 is 6.10 Å². The third-order valence-corrected chi connectivity index (χ3v) is 3.82. The molecular formula is C19H31NO3. The molecule has 0 bridgehead atoms. The van der Waals surface area contributed by atoms with E-state index in [-0.39, 0.29) is 12.4 Å². The number of hydrogen-bond donors (Lipinski definition) is 1. The molecule has 1 N–H and O–H groups in total. The fourth-order valence-corrected chi connectivity index (χ4v) is 2.48. The predicted octanol–water partition coefficient (Wildman–Crippen LogP) is 3.53. The monoisotopic (exact) mass is 321 g/mol. The van der Waals surface area contributed by atoms with Crippen LogP contribution in [0.25, 0.3) is 0 Å². The van der Waals surface area contributed by atoms with Crippen LogP contribution >= 0.6 is 0 Å². The Morgan fingerprint density at radius 1 is 1.17 bits per heavy atom. The van der Waals surface area contributed by atoms with Crippen LogP contribution in [0.15, 0.2) is 24.3 Å². The highest BCUT2D eigenvalue weighted by atomic mass is 16.5. The molecule has 1 aromatic rings. The first kappa shape index (κ1) is 19.7. The lowest BCUT2D eigenvalue weighted by molar-refractivity contribution is 0.0664. The lowest BCUT2D eigenvalue weighted by Gasteiger charge is -2.25. The number of aliphatic hydroxyl groups is 1. The van der Waals surface area contributed by atoms with Crippen LogP contribution in [0.3, 0.4) is 0 Å². The molecule has 0 amide bonds. The van der Waals surface area contributed by atoms with Gasteiger partial charge < -0.3 is 14.7 Å². The Bertz CT molecular complexity index is 454. The summed E-state index contributed by atoms with van der Waals surface area (Å²) in [5, 5.41) is 10.3. The number of unbranched alkanes of at least 4 members (excludes halogenated alkanes) is 2. The maximum atomic E-state index is 11.6. The maximum Gasteiger partial charge on any atom is 0.163 e. The van der Waals surface area contributed by atoms with Gasteiger partial charge in [0, 0.05) is 6.54 Å². The van der Waals surface area contributed by atoms with E-state index in [0.29, 0.717) is 17.9 Å². The van der Waals surface area contributed by atoms with Crippen LogP contribution in [-0.2, 0) is 0 Å². The van der Waals surface area contributed by atoms with E-state index in [1.807, 2.05) is 12.1 Å². The Hall–Kier alpha value is -1.39. The normalized spacial score (nSPS) is 12.4. The van der Waals surface area contributed by atoms with Gasteiger partial charge >= 0.3 is 0 Å². The fourth-order valence-electron chi connectivity index (χ4n) is 2.48. The number of aliphatic hydroxyl groups excluding tert-OH is 1. The summed E-state index contributed by atoms with van der Waals surface area (Å²) in [6, 6.07) is 7.18. The summed E-state index contributed by atoms with van der Waals surface area (Å²) in [4.78, 5) is 13.9. The van der Waals surface area contributed by atoms with Gasteiger partial charge in [-0.3, -0.25) is 4.79 Å². The molecule has 4 heteroatoms. The van der Waals surface area contributed by atoms with Crippen molar-refractivity contribution >= 4 is 5.78 Å². The van der Waals surface area contributed by atoms with Crippen molar-refractivity contribution in [1.29, 1.82) is 0 Å². The Balaban J connectivity index is 2.51. The Labute approximate surface area is 140 Å². The van der Waals surface area contributed by atoms with Crippen LogP contribution in [0.2, 0.25) is 0 Å². The largest absolute Gasteiger partial charge is 0.490 e. The van der Waals surface area contributed by atoms with Gasteiger partial charge in [0.1, 0.15) is 18.5 Å².